The molecule has 3 rings (SSSR count). The van der Waals surface area contributed by atoms with Gasteiger partial charge in [-0.1, -0.05) is 31.0 Å². The molecule has 1 aliphatic carbocycles. The van der Waals surface area contributed by atoms with Gasteiger partial charge in [-0.25, -0.2) is 0 Å². The lowest BCUT2D eigenvalue weighted by Gasteiger charge is -2.42. The zero-order chi connectivity index (χ0) is 14.2. The molecule has 4 heteroatoms. The molecule has 2 fully saturated rings. The minimum atomic E-state index is -0.0357. The summed E-state index contributed by atoms with van der Waals surface area (Å²) in [4.78, 5) is 14.6. The van der Waals surface area contributed by atoms with Gasteiger partial charge in [0.15, 0.2) is 0 Å². The zero-order valence-electron chi connectivity index (χ0n) is 12.1. The molecule has 1 atom stereocenters. The van der Waals surface area contributed by atoms with Gasteiger partial charge in [-0.2, -0.15) is 0 Å². The molecule has 0 N–H and O–H groups in total. The first-order valence-corrected chi connectivity index (χ1v) is 8.14. The summed E-state index contributed by atoms with van der Waals surface area (Å²) in [5.41, 5.74) is 1.14. The van der Waals surface area contributed by atoms with Crippen molar-refractivity contribution < 1.29 is 9.53 Å². The van der Waals surface area contributed by atoms with E-state index in [0.29, 0.717) is 5.12 Å². The molecule has 0 amide bonds. The van der Waals surface area contributed by atoms with Crippen LogP contribution in [0.15, 0.2) is 24.3 Å². The number of thioether (sulfide) groups is 1. The predicted octanol–water partition coefficient (Wildman–Crippen LogP) is 3.82. The highest BCUT2D eigenvalue weighted by atomic mass is 32.2. The molecule has 0 aromatic heterocycles. The van der Waals surface area contributed by atoms with Crippen molar-refractivity contribution in [3.63, 3.8) is 0 Å². The van der Waals surface area contributed by atoms with Crippen LogP contribution in [-0.4, -0.2) is 23.1 Å². The maximum Gasteiger partial charge on any atom is 0.213 e. The van der Waals surface area contributed by atoms with Crippen molar-refractivity contribution in [2.75, 3.05) is 12.0 Å². The normalized spacial score (nSPS) is 25.2. The second-order valence-corrected chi connectivity index (χ2v) is 7.04. The fraction of sp³-hybridized carbons (Fsp3) is 0.562. The van der Waals surface area contributed by atoms with E-state index in [-0.39, 0.29) is 10.9 Å². The molecule has 1 aromatic rings. The minimum Gasteiger partial charge on any atom is -0.497 e. The van der Waals surface area contributed by atoms with Crippen molar-refractivity contribution >= 4 is 22.6 Å². The first-order valence-electron chi connectivity index (χ1n) is 7.32. The predicted molar refractivity (Wildman–Crippen MR) is 83.3 cm³/mol. The van der Waals surface area contributed by atoms with E-state index in [1.807, 2.05) is 19.1 Å². The van der Waals surface area contributed by atoms with E-state index in [4.69, 9.17) is 4.74 Å². The van der Waals surface area contributed by atoms with E-state index in [0.717, 1.165) is 24.3 Å². The van der Waals surface area contributed by atoms with Gasteiger partial charge in [0.05, 0.1) is 18.0 Å². The van der Waals surface area contributed by atoms with Gasteiger partial charge in [-0.15, -0.1) is 0 Å². The maximum absolute atomic E-state index is 12.3. The maximum atomic E-state index is 12.3. The molecule has 1 aromatic carbocycles. The quantitative estimate of drug-likeness (QED) is 0.828. The minimum absolute atomic E-state index is 0.0106. The Kier molecular flexibility index (Phi) is 3.67. The molecule has 2 aliphatic rings. The lowest BCUT2D eigenvalue weighted by atomic mass is 9.92. The highest BCUT2D eigenvalue weighted by Crippen LogP contribution is 2.51. The van der Waals surface area contributed by atoms with E-state index < -0.39 is 0 Å². The Labute approximate surface area is 124 Å². The van der Waals surface area contributed by atoms with Crippen LogP contribution in [0, 0.1) is 0 Å². The third-order valence-electron chi connectivity index (χ3n) is 4.44. The van der Waals surface area contributed by atoms with E-state index in [1.54, 1.807) is 18.9 Å². The SMILES string of the molecule is COc1ccc(N2[C@H](C)C(=O)SC23CCCCC3)cc1. The molecule has 0 unspecified atom stereocenters. The van der Waals surface area contributed by atoms with Gasteiger partial charge in [-0.3, -0.25) is 4.79 Å². The van der Waals surface area contributed by atoms with Gasteiger partial charge in [0.25, 0.3) is 0 Å². The second kappa shape index (κ2) is 5.32. The monoisotopic (exact) mass is 291 g/mol. The second-order valence-electron chi connectivity index (χ2n) is 5.67. The third-order valence-corrected chi connectivity index (χ3v) is 5.97. The van der Waals surface area contributed by atoms with Crippen LogP contribution in [0.5, 0.6) is 5.75 Å². The van der Waals surface area contributed by atoms with Crippen LogP contribution in [0.3, 0.4) is 0 Å². The summed E-state index contributed by atoms with van der Waals surface area (Å²) in [6.45, 7) is 2.03. The smallest absolute Gasteiger partial charge is 0.213 e. The van der Waals surface area contributed by atoms with Crippen molar-refractivity contribution in [1.82, 2.24) is 0 Å². The van der Waals surface area contributed by atoms with Gasteiger partial charge >= 0.3 is 0 Å². The lowest BCUT2D eigenvalue weighted by Crippen LogP contribution is -2.47. The molecule has 0 bridgehead atoms. The van der Waals surface area contributed by atoms with Crippen LogP contribution < -0.4 is 9.64 Å². The van der Waals surface area contributed by atoms with Gasteiger partial charge in [-0.05, 0) is 44.0 Å². The van der Waals surface area contributed by atoms with Crippen LogP contribution in [0.2, 0.25) is 0 Å². The Bertz CT molecular complexity index is 494. The molecule has 108 valence electrons. The van der Waals surface area contributed by atoms with Crippen LogP contribution in [-0.2, 0) is 4.79 Å². The molecule has 3 nitrogen and oxygen atoms in total. The van der Waals surface area contributed by atoms with Gasteiger partial charge in [0.2, 0.25) is 5.12 Å². The van der Waals surface area contributed by atoms with Gasteiger partial charge in [0, 0.05) is 5.69 Å². The van der Waals surface area contributed by atoms with Crippen molar-refractivity contribution in [2.45, 2.75) is 49.9 Å². The summed E-state index contributed by atoms with van der Waals surface area (Å²) in [6.07, 6.45) is 5.96. The first-order chi connectivity index (χ1) is 9.66. The largest absolute Gasteiger partial charge is 0.497 e. The zero-order valence-corrected chi connectivity index (χ0v) is 12.9. The number of methoxy groups -OCH3 is 1. The average Bonchev–Trinajstić information content (AvgIpc) is 2.71. The van der Waals surface area contributed by atoms with Gasteiger partial charge < -0.3 is 9.64 Å². The number of ether oxygens (including phenoxy) is 1. The van der Waals surface area contributed by atoms with Crippen LogP contribution in [0.25, 0.3) is 0 Å². The van der Waals surface area contributed by atoms with Crippen molar-refractivity contribution in [3.8, 4) is 5.75 Å². The van der Waals surface area contributed by atoms with E-state index >= 15 is 0 Å². The number of hydrogen-bond donors (Lipinski definition) is 0. The lowest BCUT2D eigenvalue weighted by molar-refractivity contribution is -0.111. The number of carbonyl (C=O) groups excluding carboxylic acids is 1. The number of hydrogen-bond acceptors (Lipinski definition) is 4. The first kappa shape index (κ1) is 13.8. The number of benzene rings is 1. The summed E-state index contributed by atoms with van der Waals surface area (Å²) in [5.74, 6) is 0.859. The molecule has 1 saturated heterocycles. The van der Waals surface area contributed by atoms with Crippen LogP contribution in [0.1, 0.15) is 39.0 Å². The molecule has 1 saturated carbocycles. The Hall–Kier alpha value is -1.16. The molecule has 0 radical (unpaired) electrons. The van der Waals surface area contributed by atoms with Crippen molar-refractivity contribution in [1.29, 1.82) is 0 Å². The Morgan fingerprint density at radius 1 is 1.20 bits per heavy atom. The van der Waals surface area contributed by atoms with Crippen LogP contribution in [0.4, 0.5) is 5.69 Å². The van der Waals surface area contributed by atoms with Crippen LogP contribution >= 0.6 is 11.8 Å². The Morgan fingerprint density at radius 3 is 2.45 bits per heavy atom. The molecule has 1 aliphatic heterocycles. The standard InChI is InChI=1S/C16H21NO2S/c1-12-15(18)20-16(10-4-3-5-11-16)17(12)13-6-8-14(19-2)9-7-13/h6-9,12H,3-5,10-11H2,1-2H3/t12-/m1/s1. The number of anilines is 1. The Morgan fingerprint density at radius 2 is 1.85 bits per heavy atom. The number of carbonyl (C=O) groups is 1. The van der Waals surface area contributed by atoms with Gasteiger partial charge in [0.1, 0.15) is 5.75 Å². The van der Waals surface area contributed by atoms with Crippen molar-refractivity contribution in [3.05, 3.63) is 24.3 Å². The number of nitrogens with zero attached hydrogens (tertiary/aromatic N) is 1. The molecule has 1 spiro atoms. The average molecular weight is 291 g/mol. The molecule has 20 heavy (non-hydrogen) atoms. The van der Waals surface area contributed by atoms with E-state index in [2.05, 4.69) is 17.0 Å². The summed E-state index contributed by atoms with van der Waals surface area (Å²) >= 11 is 1.57. The van der Waals surface area contributed by atoms with E-state index in [1.165, 1.54) is 19.3 Å². The topological polar surface area (TPSA) is 29.5 Å². The molecular formula is C16H21NO2S. The Balaban J connectivity index is 1.96. The van der Waals surface area contributed by atoms with E-state index in [9.17, 15) is 4.79 Å². The highest BCUT2D eigenvalue weighted by molar-refractivity contribution is 8.15. The molecular weight excluding hydrogens is 270 g/mol. The van der Waals surface area contributed by atoms with Crippen molar-refractivity contribution in [2.24, 2.45) is 0 Å². The summed E-state index contributed by atoms with van der Waals surface area (Å²) < 4.78 is 5.23. The summed E-state index contributed by atoms with van der Waals surface area (Å²) in [7, 11) is 1.68. The summed E-state index contributed by atoms with van der Waals surface area (Å²) in [5, 5.41) is 0.308. The summed E-state index contributed by atoms with van der Waals surface area (Å²) in [6, 6.07) is 8.07. The molecule has 1 heterocycles. The number of rotatable bonds is 2. The highest BCUT2D eigenvalue weighted by Gasteiger charge is 2.50. The fourth-order valence-electron chi connectivity index (χ4n) is 3.43. The fourth-order valence-corrected chi connectivity index (χ4v) is 4.93. The third kappa shape index (κ3) is 2.20.